The maximum absolute atomic E-state index is 9.45. The fraction of sp³-hybridized carbons (Fsp3) is 0.455. The molecule has 2 rings (SSSR count). The smallest absolute Gasteiger partial charge is 0.171 e. The maximum Gasteiger partial charge on any atom is 0.171 e. The Morgan fingerprint density at radius 1 is 1.40 bits per heavy atom. The molecule has 0 aromatic heterocycles. The second-order valence-corrected chi connectivity index (χ2v) is 4.80. The highest BCUT2D eigenvalue weighted by Gasteiger charge is 2.16. The monoisotopic (exact) mass is 271 g/mol. The van der Waals surface area contributed by atoms with E-state index in [0.717, 1.165) is 18.5 Å². The number of halogens is 1. The van der Waals surface area contributed by atoms with Crippen molar-refractivity contribution in [2.24, 2.45) is 0 Å². The van der Waals surface area contributed by atoms with Crippen LogP contribution in [0.3, 0.4) is 0 Å². The molecule has 1 aromatic carbocycles. The molecule has 0 amide bonds. The van der Waals surface area contributed by atoms with Gasteiger partial charge in [0.1, 0.15) is 0 Å². The van der Waals surface area contributed by atoms with Gasteiger partial charge in [-0.1, -0.05) is 0 Å². The molecule has 1 heterocycles. The number of aromatic hydroxyl groups is 2. The summed E-state index contributed by atoms with van der Waals surface area (Å²) in [7, 11) is 0. The van der Waals surface area contributed by atoms with Crippen LogP contribution in [-0.4, -0.2) is 22.8 Å². The van der Waals surface area contributed by atoms with Crippen LogP contribution < -0.4 is 5.32 Å². The summed E-state index contributed by atoms with van der Waals surface area (Å²) in [6.07, 6.45) is 3.29. The van der Waals surface area contributed by atoms with Crippen LogP contribution in [-0.2, 0) is 6.42 Å². The Morgan fingerprint density at radius 3 is 2.80 bits per heavy atom. The Bertz CT molecular complexity index is 339. The molecule has 15 heavy (non-hydrogen) atoms. The molecule has 0 saturated carbocycles. The lowest BCUT2D eigenvalue weighted by Gasteiger charge is -2.11. The van der Waals surface area contributed by atoms with Gasteiger partial charge in [-0.25, -0.2) is 0 Å². The number of benzene rings is 1. The number of hydrogen-bond donors (Lipinski definition) is 3. The van der Waals surface area contributed by atoms with Crippen LogP contribution in [0.15, 0.2) is 16.6 Å². The van der Waals surface area contributed by atoms with E-state index in [2.05, 4.69) is 21.2 Å². The molecule has 3 N–H and O–H groups in total. The maximum atomic E-state index is 9.45. The summed E-state index contributed by atoms with van der Waals surface area (Å²) in [6.45, 7) is 1.08. The van der Waals surface area contributed by atoms with Crippen LogP contribution in [0.5, 0.6) is 11.5 Å². The lowest BCUT2D eigenvalue weighted by atomic mass is 10.0. The number of hydrogen-bond acceptors (Lipinski definition) is 3. The fourth-order valence-corrected chi connectivity index (χ4v) is 2.47. The fourth-order valence-electron chi connectivity index (χ4n) is 1.97. The van der Waals surface area contributed by atoms with E-state index in [-0.39, 0.29) is 11.5 Å². The van der Waals surface area contributed by atoms with Crippen molar-refractivity contribution in [3.63, 3.8) is 0 Å². The molecule has 82 valence electrons. The first-order valence-electron chi connectivity index (χ1n) is 5.10. The molecular formula is C11H14BrNO2. The molecular weight excluding hydrogens is 258 g/mol. The summed E-state index contributed by atoms with van der Waals surface area (Å²) in [4.78, 5) is 0. The molecule has 1 aromatic rings. The molecule has 3 nitrogen and oxygen atoms in total. The molecule has 1 aliphatic rings. The van der Waals surface area contributed by atoms with Gasteiger partial charge < -0.3 is 15.5 Å². The van der Waals surface area contributed by atoms with E-state index in [1.54, 1.807) is 6.07 Å². The summed E-state index contributed by atoms with van der Waals surface area (Å²) in [6, 6.07) is 3.98. The van der Waals surface area contributed by atoms with Gasteiger partial charge >= 0.3 is 0 Å². The van der Waals surface area contributed by atoms with E-state index in [4.69, 9.17) is 0 Å². The molecule has 0 aliphatic carbocycles. The van der Waals surface area contributed by atoms with E-state index in [0.29, 0.717) is 10.5 Å². The van der Waals surface area contributed by atoms with Crippen molar-refractivity contribution in [3.05, 3.63) is 22.2 Å². The van der Waals surface area contributed by atoms with Crippen LogP contribution in [0.2, 0.25) is 0 Å². The Labute approximate surface area is 97.3 Å². The summed E-state index contributed by atoms with van der Waals surface area (Å²) in [5.74, 6) is -0.143. The van der Waals surface area contributed by atoms with E-state index >= 15 is 0 Å². The molecule has 4 heteroatoms. The number of rotatable bonds is 2. The van der Waals surface area contributed by atoms with E-state index in [1.165, 1.54) is 12.8 Å². The van der Waals surface area contributed by atoms with E-state index in [1.807, 2.05) is 6.07 Å². The van der Waals surface area contributed by atoms with Crippen LogP contribution in [0.25, 0.3) is 0 Å². The van der Waals surface area contributed by atoms with E-state index in [9.17, 15) is 10.2 Å². The Hall–Kier alpha value is -0.740. The second kappa shape index (κ2) is 4.41. The van der Waals surface area contributed by atoms with Gasteiger partial charge in [-0.15, -0.1) is 0 Å². The van der Waals surface area contributed by atoms with Crippen LogP contribution >= 0.6 is 15.9 Å². The highest BCUT2D eigenvalue weighted by molar-refractivity contribution is 9.10. The minimum atomic E-state index is -0.0851. The molecule has 1 saturated heterocycles. The predicted molar refractivity (Wildman–Crippen MR) is 62.2 cm³/mol. The third-order valence-corrected chi connectivity index (χ3v) is 3.35. The first-order valence-corrected chi connectivity index (χ1v) is 5.90. The van der Waals surface area contributed by atoms with Crippen LogP contribution in [0, 0.1) is 0 Å². The third-order valence-electron chi connectivity index (χ3n) is 2.75. The summed E-state index contributed by atoms with van der Waals surface area (Å²) >= 11 is 3.22. The van der Waals surface area contributed by atoms with Crippen molar-refractivity contribution in [1.29, 1.82) is 0 Å². The van der Waals surface area contributed by atoms with Crippen LogP contribution in [0.1, 0.15) is 18.4 Å². The van der Waals surface area contributed by atoms with Crippen molar-refractivity contribution >= 4 is 15.9 Å². The van der Waals surface area contributed by atoms with Crippen molar-refractivity contribution in [2.75, 3.05) is 6.54 Å². The Kier molecular flexibility index (Phi) is 3.17. The molecule has 1 unspecified atom stereocenters. The van der Waals surface area contributed by atoms with E-state index < -0.39 is 0 Å². The van der Waals surface area contributed by atoms with Crippen LogP contribution in [0.4, 0.5) is 0 Å². The first-order chi connectivity index (χ1) is 7.16. The van der Waals surface area contributed by atoms with Gasteiger partial charge in [-0.3, -0.25) is 0 Å². The summed E-state index contributed by atoms with van der Waals surface area (Å²) < 4.78 is 0.551. The molecule has 1 fully saturated rings. The topological polar surface area (TPSA) is 52.5 Å². The quantitative estimate of drug-likeness (QED) is 0.723. The summed E-state index contributed by atoms with van der Waals surface area (Å²) in [5, 5.41) is 22.2. The van der Waals surface area contributed by atoms with Gasteiger partial charge in [0.05, 0.1) is 4.47 Å². The zero-order valence-corrected chi connectivity index (χ0v) is 9.92. The lowest BCUT2D eigenvalue weighted by Crippen LogP contribution is -2.23. The van der Waals surface area contributed by atoms with Gasteiger partial charge in [0, 0.05) is 6.04 Å². The zero-order chi connectivity index (χ0) is 10.8. The number of phenolic OH excluding ortho intramolecular Hbond substituents is 2. The minimum Gasteiger partial charge on any atom is -0.504 e. The third kappa shape index (κ3) is 2.44. The minimum absolute atomic E-state index is 0.0580. The molecule has 1 atom stereocenters. The molecule has 0 spiro atoms. The van der Waals surface area contributed by atoms with Gasteiger partial charge in [0.2, 0.25) is 0 Å². The van der Waals surface area contributed by atoms with Crippen molar-refractivity contribution in [2.45, 2.75) is 25.3 Å². The van der Waals surface area contributed by atoms with Crippen molar-refractivity contribution < 1.29 is 10.2 Å². The molecule has 0 bridgehead atoms. The SMILES string of the molecule is Oc1cc(CC2CCCN2)cc(Br)c1O. The average Bonchev–Trinajstić information content (AvgIpc) is 2.66. The zero-order valence-electron chi connectivity index (χ0n) is 8.33. The number of phenols is 2. The average molecular weight is 272 g/mol. The standard InChI is InChI=1S/C11H14BrNO2/c12-9-5-7(6-10(14)11(9)15)4-8-2-1-3-13-8/h5-6,8,13-15H,1-4H2. The normalized spacial score (nSPS) is 20.7. The lowest BCUT2D eigenvalue weighted by molar-refractivity contribution is 0.400. The van der Waals surface area contributed by atoms with Gasteiger partial charge in [0.25, 0.3) is 0 Å². The van der Waals surface area contributed by atoms with Gasteiger partial charge in [-0.2, -0.15) is 0 Å². The summed E-state index contributed by atoms with van der Waals surface area (Å²) in [5.41, 5.74) is 1.04. The largest absolute Gasteiger partial charge is 0.504 e. The number of nitrogens with one attached hydrogen (secondary N) is 1. The second-order valence-electron chi connectivity index (χ2n) is 3.94. The molecule has 1 aliphatic heterocycles. The predicted octanol–water partition coefficient (Wildman–Crippen LogP) is 2.15. The van der Waals surface area contributed by atoms with Crippen molar-refractivity contribution in [3.8, 4) is 11.5 Å². The van der Waals surface area contributed by atoms with Crippen molar-refractivity contribution in [1.82, 2.24) is 5.32 Å². The highest BCUT2D eigenvalue weighted by Crippen LogP contribution is 2.34. The Morgan fingerprint density at radius 2 is 2.20 bits per heavy atom. The highest BCUT2D eigenvalue weighted by atomic mass is 79.9. The molecule has 0 radical (unpaired) electrons. The first kappa shape index (κ1) is 10.8. The van der Waals surface area contributed by atoms with Gasteiger partial charge in [-0.05, 0) is 59.4 Å². The van der Waals surface area contributed by atoms with Gasteiger partial charge in [0.15, 0.2) is 11.5 Å². The Balaban J connectivity index is 2.14.